The van der Waals surface area contributed by atoms with Crippen molar-refractivity contribution in [2.24, 2.45) is 0 Å². The number of aromatic amines is 1. The summed E-state index contributed by atoms with van der Waals surface area (Å²) in [6, 6.07) is 0.323. The SMILES string of the molecule is O[C@H](COC1CCOCC1)CN1CCC[C@H]1c1nc2c([nH]1)CCCC2. The Hall–Kier alpha value is -0.950. The van der Waals surface area contributed by atoms with Crippen molar-refractivity contribution >= 4 is 0 Å². The minimum Gasteiger partial charge on any atom is -0.389 e. The van der Waals surface area contributed by atoms with Gasteiger partial charge in [0, 0.05) is 25.5 Å². The first-order valence-corrected chi connectivity index (χ1v) is 9.98. The Balaban J connectivity index is 1.31. The number of aryl methyl sites for hydroxylation is 2. The zero-order valence-electron chi connectivity index (χ0n) is 15.1. The molecule has 6 nitrogen and oxygen atoms in total. The zero-order valence-corrected chi connectivity index (χ0v) is 15.1. The molecule has 0 spiro atoms. The van der Waals surface area contributed by atoms with Gasteiger partial charge in [0.15, 0.2) is 0 Å². The Kier molecular flexibility index (Phi) is 5.70. The van der Waals surface area contributed by atoms with Crippen LogP contribution in [0.2, 0.25) is 0 Å². The molecule has 1 aliphatic carbocycles. The summed E-state index contributed by atoms with van der Waals surface area (Å²) in [5.74, 6) is 1.11. The number of H-pyrrole nitrogens is 1. The number of aliphatic hydroxyl groups is 1. The van der Waals surface area contributed by atoms with Crippen molar-refractivity contribution in [2.45, 2.75) is 69.6 Å². The van der Waals surface area contributed by atoms with Crippen molar-refractivity contribution in [3.63, 3.8) is 0 Å². The zero-order chi connectivity index (χ0) is 17.1. The summed E-state index contributed by atoms with van der Waals surface area (Å²) in [4.78, 5) is 10.8. The Morgan fingerprint density at radius 2 is 2.04 bits per heavy atom. The second-order valence-electron chi connectivity index (χ2n) is 7.71. The third-order valence-corrected chi connectivity index (χ3v) is 5.79. The number of nitrogens with zero attached hydrogens (tertiary/aromatic N) is 2. The molecule has 3 aliphatic rings. The van der Waals surface area contributed by atoms with Crippen LogP contribution < -0.4 is 0 Å². The molecule has 0 unspecified atom stereocenters. The molecule has 2 saturated heterocycles. The van der Waals surface area contributed by atoms with Crippen LogP contribution in [0.15, 0.2) is 0 Å². The maximum Gasteiger partial charge on any atom is 0.124 e. The maximum atomic E-state index is 10.4. The van der Waals surface area contributed by atoms with E-state index in [0.29, 0.717) is 19.2 Å². The predicted octanol–water partition coefficient (Wildman–Crippen LogP) is 1.98. The van der Waals surface area contributed by atoms with Crippen molar-refractivity contribution in [3.05, 3.63) is 17.2 Å². The van der Waals surface area contributed by atoms with Crippen LogP contribution in [0.4, 0.5) is 0 Å². The number of β-amino-alcohol motifs (C(OH)–C–C–N with tert-alkyl or cyclic N) is 1. The molecule has 25 heavy (non-hydrogen) atoms. The molecule has 2 fully saturated rings. The first kappa shape index (κ1) is 17.5. The van der Waals surface area contributed by atoms with Crippen molar-refractivity contribution in [2.75, 3.05) is 32.9 Å². The third-order valence-electron chi connectivity index (χ3n) is 5.79. The summed E-state index contributed by atoms with van der Waals surface area (Å²) < 4.78 is 11.2. The fourth-order valence-electron chi connectivity index (χ4n) is 4.40. The summed E-state index contributed by atoms with van der Waals surface area (Å²) in [5.41, 5.74) is 2.62. The highest BCUT2D eigenvalue weighted by Gasteiger charge is 2.31. The van der Waals surface area contributed by atoms with E-state index in [1.165, 1.54) is 30.7 Å². The molecular weight excluding hydrogens is 318 g/mol. The van der Waals surface area contributed by atoms with Crippen molar-refractivity contribution in [1.82, 2.24) is 14.9 Å². The highest BCUT2D eigenvalue weighted by atomic mass is 16.5. The first-order chi connectivity index (χ1) is 12.3. The molecule has 2 atom stereocenters. The normalized spacial score (nSPS) is 26.7. The summed E-state index contributed by atoms with van der Waals surface area (Å²) in [7, 11) is 0. The molecule has 2 aliphatic heterocycles. The molecule has 4 rings (SSSR count). The average molecular weight is 349 g/mol. The summed E-state index contributed by atoms with van der Waals surface area (Å²) >= 11 is 0. The molecule has 6 heteroatoms. The van der Waals surface area contributed by atoms with Gasteiger partial charge in [-0.05, 0) is 57.9 Å². The van der Waals surface area contributed by atoms with Gasteiger partial charge in [0.2, 0.25) is 0 Å². The van der Waals surface area contributed by atoms with Crippen LogP contribution in [0, 0.1) is 0 Å². The van der Waals surface area contributed by atoms with Crippen molar-refractivity contribution < 1.29 is 14.6 Å². The van der Waals surface area contributed by atoms with Crippen molar-refractivity contribution in [1.29, 1.82) is 0 Å². The highest BCUT2D eigenvalue weighted by molar-refractivity contribution is 5.19. The molecule has 0 aromatic carbocycles. The van der Waals surface area contributed by atoms with Gasteiger partial charge in [-0.15, -0.1) is 0 Å². The van der Waals surface area contributed by atoms with E-state index < -0.39 is 6.10 Å². The largest absolute Gasteiger partial charge is 0.389 e. The predicted molar refractivity (Wildman–Crippen MR) is 94.6 cm³/mol. The number of hydrogen-bond acceptors (Lipinski definition) is 5. The van der Waals surface area contributed by atoms with E-state index in [4.69, 9.17) is 14.5 Å². The Bertz CT molecular complexity index is 533. The van der Waals surface area contributed by atoms with Gasteiger partial charge in [-0.2, -0.15) is 0 Å². The van der Waals surface area contributed by atoms with Gasteiger partial charge < -0.3 is 19.6 Å². The lowest BCUT2D eigenvalue weighted by Gasteiger charge is -2.27. The minimum absolute atomic E-state index is 0.245. The van der Waals surface area contributed by atoms with Gasteiger partial charge >= 0.3 is 0 Å². The van der Waals surface area contributed by atoms with Crippen LogP contribution in [0.25, 0.3) is 0 Å². The Morgan fingerprint density at radius 1 is 1.20 bits per heavy atom. The fourth-order valence-corrected chi connectivity index (χ4v) is 4.40. The van der Waals surface area contributed by atoms with E-state index in [1.807, 2.05) is 0 Å². The van der Waals surface area contributed by atoms with Gasteiger partial charge in [-0.1, -0.05) is 0 Å². The van der Waals surface area contributed by atoms with E-state index in [9.17, 15) is 5.11 Å². The number of likely N-dealkylation sites (tertiary alicyclic amines) is 1. The second kappa shape index (κ2) is 8.16. The summed E-state index contributed by atoms with van der Waals surface area (Å²) in [5, 5.41) is 10.4. The molecule has 1 aromatic heterocycles. The molecule has 3 heterocycles. The molecule has 0 amide bonds. The fraction of sp³-hybridized carbons (Fsp3) is 0.842. The summed E-state index contributed by atoms with van der Waals surface area (Å²) in [6.07, 6.45) is 8.76. The lowest BCUT2D eigenvalue weighted by Crippen LogP contribution is -2.36. The lowest BCUT2D eigenvalue weighted by molar-refractivity contribution is -0.0648. The number of aliphatic hydroxyl groups excluding tert-OH is 1. The molecule has 140 valence electrons. The van der Waals surface area contributed by atoms with Gasteiger partial charge in [0.1, 0.15) is 5.82 Å². The van der Waals surface area contributed by atoms with Crippen LogP contribution in [0.3, 0.4) is 0 Å². The van der Waals surface area contributed by atoms with Gasteiger partial charge in [-0.25, -0.2) is 4.98 Å². The Labute approximate surface area is 149 Å². The lowest BCUT2D eigenvalue weighted by atomic mass is 10.0. The van der Waals surface area contributed by atoms with Crippen LogP contribution in [0.1, 0.15) is 61.8 Å². The minimum atomic E-state index is -0.437. The van der Waals surface area contributed by atoms with Gasteiger partial charge in [0.05, 0.1) is 30.6 Å². The first-order valence-electron chi connectivity index (χ1n) is 9.98. The third kappa shape index (κ3) is 4.25. The van der Waals surface area contributed by atoms with Gasteiger partial charge in [0.25, 0.3) is 0 Å². The summed E-state index contributed by atoms with van der Waals surface area (Å²) in [6.45, 7) is 3.67. The number of hydrogen-bond donors (Lipinski definition) is 2. The monoisotopic (exact) mass is 349 g/mol. The number of aromatic nitrogens is 2. The van der Waals surface area contributed by atoms with Gasteiger partial charge in [-0.3, -0.25) is 4.90 Å². The molecule has 0 saturated carbocycles. The number of fused-ring (bicyclic) bond motifs is 1. The standard InChI is InChI=1S/C19H31N3O3/c23-14(13-25-15-7-10-24-11-8-15)12-22-9-3-6-18(22)19-20-16-4-1-2-5-17(16)21-19/h14-15,18,23H,1-13H2,(H,20,21)/t14-,18-/m0/s1. The topological polar surface area (TPSA) is 70.6 Å². The number of imidazole rings is 1. The van der Waals surface area contributed by atoms with Crippen LogP contribution in [-0.2, 0) is 22.3 Å². The molecule has 2 N–H and O–H groups in total. The highest BCUT2D eigenvalue weighted by Crippen LogP contribution is 2.32. The van der Waals surface area contributed by atoms with Crippen LogP contribution >= 0.6 is 0 Å². The number of nitrogens with one attached hydrogen (secondary N) is 1. The molecular formula is C19H31N3O3. The van der Waals surface area contributed by atoms with Crippen LogP contribution in [0.5, 0.6) is 0 Å². The van der Waals surface area contributed by atoms with E-state index in [-0.39, 0.29) is 6.10 Å². The van der Waals surface area contributed by atoms with Crippen molar-refractivity contribution in [3.8, 4) is 0 Å². The molecule has 0 bridgehead atoms. The molecule has 1 aromatic rings. The molecule has 0 radical (unpaired) electrons. The number of ether oxygens (including phenoxy) is 2. The smallest absolute Gasteiger partial charge is 0.124 e. The second-order valence-corrected chi connectivity index (χ2v) is 7.71. The van der Waals surface area contributed by atoms with Crippen LogP contribution in [-0.4, -0.2) is 65.1 Å². The quantitative estimate of drug-likeness (QED) is 0.822. The van der Waals surface area contributed by atoms with E-state index in [1.54, 1.807) is 0 Å². The number of rotatable bonds is 6. The maximum absolute atomic E-state index is 10.4. The van der Waals surface area contributed by atoms with E-state index >= 15 is 0 Å². The Morgan fingerprint density at radius 3 is 2.88 bits per heavy atom. The van der Waals surface area contributed by atoms with E-state index in [0.717, 1.165) is 57.7 Å². The average Bonchev–Trinajstić information content (AvgIpc) is 3.27. The van der Waals surface area contributed by atoms with E-state index in [2.05, 4.69) is 9.88 Å².